The lowest BCUT2D eigenvalue weighted by atomic mass is 10.1. The van der Waals surface area contributed by atoms with Crippen LogP contribution in [0.15, 0.2) is 24.5 Å². The van der Waals surface area contributed by atoms with E-state index < -0.39 is 17.7 Å². The van der Waals surface area contributed by atoms with E-state index in [0.29, 0.717) is 6.07 Å². The fourth-order valence-electron chi connectivity index (χ4n) is 1.57. The van der Waals surface area contributed by atoms with E-state index in [2.05, 4.69) is 14.8 Å². The van der Waals surface area contributed by atoms with Crippen molar-refractivity contribution < 1.29 is 22.7 Å². The molecule has 0 atom stereocenters. The highest BCUT2D eigenvalue weighted by molar-refractivity contribution is 5.84. The molecule has 6 nitrogen and oxygen atoms in total. The average molecular weight is 296 g/mol. The number of aromatic nitrogens is 3. The van der Waals surface area contributed by atoms with Gasteiger partial charge in [-0.2, -0.15) is 18.4 Å². The zero-order chi connectivity index (χ0) is 15.6. The first-order chi connectivity index (χ1) is 9.86. The highest BCUT2D eigenvalue weighted by atomic mass is 19.4. The normalized spacial score (nSPS) is 11.0. The number of nitrogens with zero attached hydrogens (tertiary/aromatic N) is 4. The minimum Gasteiger partial charge on any atom is -0.463 e. The van der Waals surface area contributed by atoms with Crippen LogP contribution < -0.4 is 0 Å². The number of carbonyl (C=O) groups excluding carboxylic acids is 1. The van der Waals surface area contributed by atoms with Crippen LogP contribution in [-0.4, -0.2) is 27.8 Å². The van der Waals surface area contributed by atoms with Crippen LogP contribution in [0.5, 0.6) is 0 Å². The van der Waals surface area contributed by atoms with E-state index >= 15 is 0 Å². The minimum atomic E-state index is -4.55. The van der Waals surface area contributed by atoms with Gasteiger partial charge in [-0.15, -0.1) is 5.10 Å². The molecule has 108 valence electrons. The van der Waals surface area contributed by atoms with Crippen LogP contribution in [0.1, 0.15) is 21.7 Å². The highest BCUT2D eigenvalue weighted by Crippen LogP contribution is 2.31. The van der Waals surface area contributed by atoms with E-state index in [1.54, 1.807) is 6.07 Å². The molecule has 0 aliphatic heterocycles. The van der Waals surface area contributed by atoms with Crippen molar-refractivity contribution in [3.05, 3.63) is 41.5 Å². The molecular formula is C12H7F3N4O2. The molecule has 1 heterocycles. The van der Waals surface area contributed by atoms with Crippen molar-refractivity contribution in [2.24, 2.45) is 0 Å². The van der Waals surface area contributed by atoms with E-state index in [9.17, 15) is 18.0 Å². The van der Waals surface area contributed by atoms with Crippen LogP contribution in [0, 0.1) is 11.3 Å². The first-order valence-electron chi connectivity index (χ1n) is 5.48. The van der Waals surface area contributed by atoms with E-state index in [1.165, 1.54) is 0 Å². The fourth-order valence-corrected chi connectivity index (χ4v) is 1.57. The van der Waals surface area contributed by atoms with Gasteiger partial charge >= 0.3 is 12.1 Å². The van der Waals surface area contributed by atoms with Crippen molar-refractivity contribution in [2.45, 2.75) is 6.18 Å². The molecule has 0 radical (unpaired) electrons. The van der Waals surface area contributed by atoms with Gasteiger partial charge < -0.3 is 4.74 Å². The number of carbonyl (C=O) groups is 1. The number of hydrogen-bond donors (Lipinski definition) is 0. The summed E-state index contributed by atoms with van der Waals surface area (Å²) in [5.41, 5.74) is -1.12. The number of rotatable bonds is 2. The Morgan fingerprint density at radius 1 is 1.43 bits per heavy atom. The Bertz CT molecular complexity index is 731. The van der Waals surface area contributed by atoms with Crippen molar-refractivity contribution in [3.63, 3.8) is 0 Å². The third-order valence-corrected chi connectivity index (χ3v) is 2.55. The Balaban J connectivity index is 2.48. The van der Waals surface area contributed by atoms with Gasteiger partial charge in [0.25, 0.3) is 5.82 Å². The first-order valence-corrected chi connectivity index (χ1v) is 5.48. The monoisotopic (exact) mass is 296 g/mol. The summed E-state index contributed by atoms with van der Waals surface area (Å²) in [5.74, 6) is -1.06. The predicted molar refractivity (Wildman–Crippen MR) is 62.4 cm³/mol. The molecule has 0 fully saturated rings. The second-order valence-corrected chi connectivity index (χ2v) is 3.85. The lowest BCUT2D eigenvalue weighted by Crippen LogP contribution is -2.08. The van der Waals surface area contributed by atoms with Crippen LogP contribution >= 0.6 is 0 Å². The zero-order valence-electron chi connectivity index (χ0n) is 10.5. The van der Waals surface area contributed by atoms with Gasteiger partial charge in [-0.1, -0.05) is 0 Å². The Morgan fingerprint density at radius 3 is 2.71 bits per heavy atom. The standard InChI is InChI=1S/C12H7F3N4O2/c1-21-11(20)10-17-6-19(18-10)9-3-2-8(12(13,14)15)4-7(9)5-16/h2-4,6H,1H3. The van der Waals surface area contributed by atoms with Gasteiger partial charge in [-0.25, -0.2) is 14.5 Å². The number of halogens is 3. The molecule has 0 aliphatic rings. The molecule has 2 aromatic rings. The molecule has 0 spiro atoms. The molecule has 1 aromatic heterocycles. The lowest BCUT2D eigenvalue weighted by molar-refractivity contribution is -0.137. The molecule has 2 rings (SSSR count). The van der Waals surface area contributed by atoms with Gasteiger partial charge in [0.15, 0.2) is 0 Å². The van der Waals surface area contributed by atoms with Gasteiger partial charge in [0.05, 0.1) is 23.9 Å². The molecule has 0 aliphatic carbocycles. The SMILES string of the molecule is COC(=O)c1ncn(-c2ccc(C(F)(F)F)cc2C#N)n1. The maximum absolute atomic E-state index is 12.6. The quantitative estimate of drug-likeness (QED) is 0.791. The summed E-state index contributed by atoms with van der Waals surface area (Å²) in [7, 11) is 1.14. The summed E-state index contributed by atoms with van der Waals surface area (Å²) in [4.78, 5) is 14.9. The van der Waals surface area contributed by atoms with E-state index in [4.69, 9.17) is 5.26 Å². The van der Waals surface area contributed by atoms with Crippen LogP contribution in [0.4, 0.5) is 13.2 Å². The summed E-state index contributed by atoms with van der Waals surface area (Å²) < 4.78 is 43.2. The van der Waals surface area contributed by atoms with Crippen LogP contribution in [0.2, 0.25) is 0 Å². The summed E-state index contributed by atoms with van der Waals surface area (Å²) in [6.07, 6.45) is -3.45. The molecule has 9 heteroatoms. The van der Waals surface area contributed by atoms with Crippen molar-refractivity contribution in [1.29, 1.82) is 5.26 Å². The molecule has 0 amide bonds. The smallest absolute Gasteiger partial charge is 0.416 e. The summed E-state index contributed by atoms with van der Waals surface area (Å²) >= 11 is 0. The minimum absolute atomic E-state index is 0.0770. The molecule has 0 saturated heterocycles. The lowest BCUT2D eigenvalue weighted by Gasteiger charge is -2.09. The van der Waals surface area contributed by atoms with Crippen molar-refractivity contribution in [3.8, 4) is 11.8 Å². The number of hydrogen-bond acceptors (Lipinski definition) is 5. The van der Waals surface area contributed by atoms with Crippen LogP contribution in [-0.2, 0) is 10.9 Å². The summed E-state index contributed by atoms with van der Waals surface area (Å²) in [5, 5.41) is 12.7. The number of esters is 1. The third-order valence-electron chi connectivity index (χ3n) is 2.55. The molecule has 21 heavy (non-hydrogen) atoms. The Morgan fingerprint density at radius 2 is 2.14 bits per heavy atom. The maximum atomic E-state index is 12.6. The zero-order valence-corrected chi connectivity index (χ0v) is 10.5. The number of alkyl halides is 3. The van der Waals surface area contributed by atoms with Gasteiger partial charge in [-0.05, 0) is 18.2 Å². The predicted octanol–water partition coefficient (Wildman–Crippen LogP) is 1.94. The van der Waals surface area contributed by atoms with Crippen LogP contribution in [0.3, 0.4) is 0 Å². The fraction of sp³-hybridized carbons (Fsp3) is 0.167. The molecule has 1 aromatic carbocycles. The number of methoxy groups -OCH3 is 1. The average Bonchev–Trinajstić information content (AvgIpc) is 2.94. The van der Waals surface area contributed by atoms with Gasteiger partial charge in [-0.3, -0.25) is 0 Å². The summed E-state index contributed by atoms with van der Waals surface area (Å²) in [6, 6.07) is 4.25. The van der Waals surface area contributed by atoms with Gasteiger partial charge in [0.2, 0.25) is 0 Å². The Labute approximate surface area is 116 Å². The Hall–Kier alpha value is -2.89. The Kier molecular flexibility index (Phi) is 3.62. The molecular weight excluding hydrogens is 289 g/mol. The molecule has 0 saturated carbocycles. The highest BCUT2D eigenvalue weighted by Gasteiger charge is 2.31. The van der Waals surface area contributed by atoms with Gasteiger partial charge in [0.1, 0.15) is 12.4 Å². The second-order valence-electron chi connectivity index (χ2n) is 3.85. The van der Waals surface area contributed by atoms with E-state index in [1.807, 2.05) is 0 Å². The molecule has 0 unspecified atom stereocenters. The third kappa shape index (κ3) is 2.84. The van der Waals surface area contributed by atoms with Crippen molar-refractivity contribution >= 4 is 5.97 Å². The van der Waals surface area contributed by atoms with E-state index in [-0.39, 0.29) is 17.1 Å². The largest absolute Gasteiger partial charge is 0.463 e. The summed E-state index contributed by atoms with van der Waals surface area (Å²) in [6.45, 7) is 0. The van der Waals surface area contributed by atoms with Crippen molar-refractivity contribution in [2.75, 3.05) is 7.11 Å². The van der Waals surface area contributed by atoms with Crippen LogP contribution in [0.25, 0.3) is 5.69 Å². The topological polar surface area (TPSA) is 80.8 Å². The first kappa shape index (κ1) is 14.5. The number of benzene rings is 1. The molecule has 0 N–H and O–H groups in total. The molecule has 0 bridgehead atoms. The maximum Gasteiger partial charge on any atom is 0.416 e. The van der Waals surface area contributed by atoms with Crippen molar-refractivity contribution in [1.82, 2.24) is 14.8 Å². The number of ether oxygens (including phenoxy) is 1. The van der Waals surface area contributed by atoms with Gasteiger partial charge in [0, 0.05) is 0 Å². The number of nitriles is 1. The second kappa shape index (κ2) is 5.24. The van der Waals surface area contributed by atoms with E-state index in [0.717, 1.165) is 30.3 Å².